The lowest BCUT2D eigenvalue weighted by molar-refractivity contribution is -0.207. The molecule has 2 radical (unpaired) electrons. The van der Waals surface area contributed by atoms with Gasteiger partial charge in [-0.25, -0.2) is 0 Å². The number of aliphatic hydroxyl groups is 2. The van der Waals surface area contributed by atoms with Crippen molar-refractivity contribution in [2.24, 2.45) is 0 Å². The summed E-state index contributed by atoms with van der Waals surface area (Å²) in [6, 6.07) is 0. The van der Waals surface area contributed by atoms with E-state index in [1.807, 2.05) is 13.8 Å². The minimum atomic E-state index is -0.860. The zero-order chi connectivity index (χ0) is 10.6. The van der Waals surface area contributed by atoms with Crippen molar-refractivity contribution in [3.63, 3.8) is 0 Å². The van der Waals surface area contributed by atoms with E-state index in [4.69, 9.17) is 12.6 Å². The molecule has 0 aromatic heterocycles. The quantitative estimate of drug-likeness (QED) is 0.596. The van der Waals surface area contributed by atoms with E-state index in [2.05, 4.69) is 0 Å². The second-order valence-corrected chi connectivity index (χ2v) is 5.14. The molecule has 78 valence electrons. The zero-order valence-corrected chi connectivity index (χ0v) is 8.73. The van der Waals surface area contributed by atoms with E-state index in [1.54, 1.807) is 0 Å². The van der Waals surface area contributed by atoms with E-state index in [0.29, 0.717) is 6.42 Å². The molecule has 0 aliphatic carbocycles. The van der Waals surface area contributed by atoms with Gasteiger partial charge in [-0.15, -0.1) is 0 Å². The van der Waals surface area contributed by atoms with Gasteiger partial charge in [-0.1, -0.05) is 13.8 Å². The van der Waals surface area contributed by atoms with Gasteiger partial charge in [0.05, 0.1) is 25.7 Å². The summed E-state index contributed by atoms with van der Waals surface area (Å²) in [6.45, 7) is 3.69. The van der Waals surface area contributed by atoms with Crippen molar-refractivity contribution in [2.75, 3.05) is 0 Å². The number of rotatable bonds is 1. The summed E-state index contributed by atoms with van der Waals surface area (Å²) in [5.74, 6) is 0. The normalized spacial score (nSPS) is 48.1. The van der Waals surface area contributed by atoms with Crippen LogP contribution in [0.3, 0.4) is 0 Å². The number of hydrogen-bond acceptors (Lipinski definition) is 3. The van der Waals surface area contributed by atoms with E-state index in [-0.39, 0.29) is 6.10 Å². The Morgan fingerprint density at radius 3 is 2.64 bits per heavy atom. The van der Waals surface area contributed by atoms with Crippen LogP contribution in [-0.4, -0.2) is 42.0 Å². The van der Waals surface area contributed by atoms with Crippen molar-refractivity contribution in [3.8, 4) is 0 Å². The highest BCUT2D eigenvalue weighted by Gasteiger charge is 2.58. The van der Waals surface area contributed by atoms with Crippen LogP contribution < -0.4 is 0 Å². The molecule has 2 rings (SSSR count). The lowest BCUT2D eigenvalue weighted by atomic mass is 9.57. The van der Waals surface area contributed by atoms with E-state index in [9.17, 15) is 10.2 Å². The van der Waals surface area contributed by atoms with Crippen molar-refractivity contribution >= 4 is 7.85 Å². The molecule has 0 aromatic carbocycles. The molecule has 0 amide bonds. The van der Waals surface area contributed by atoms with Crippen LogP contribution in [0.2, 0.25) is 5.31 Å². The van der Waals surface area contributed by atoms with E-state index >= 15 is 0 Å². The van der Waals surface area contributed by atoms with Crippen molar-refractivity contribution in [1.29, 1.82) is 0 Å². The summed E-state index contributed by atoms with van der Waals surface area (Å²) in [7, 11) is 6.04. The van der Waals surface area contributed by atoms with Crippen LogP contribution in [0.1, 0.15) is 33.1 Å². The molecule has 3 nitrogen and oxygen atoms in total. The molecule has 0 unspecified atom stereocenters. The van der Waals surface area contributed by atoms with Gasteiger partial charge in [0.2, 0.25) is 0 Å². The molecule has 2 saturated heterocycles. The Kier molecular flexibility index (Phi) is 2.22. The third-order valence-corrected chi connectivity index (χ3v) is 3.65. The van der Waals surface area contributed by atoms with Gasteiger partial charge in [-0.2, -0.15) is 0 Å². The first kappa shape index (κ1) is 10.5. The van der Waals surface area contributed by atoms with Gasteiger partial charge in [0.25, 0.3) is 0 Å². The standard InChI is InChI=1S/C10H17BO3/c1-9(2,11)10-4-3-6(14-10)5-7(12)8(10)13/h6-8,12-13H,3-5H2,1-2H3/t6-,7-,8-,10+/m1/s1. The molecule has 2 bridgehead atoms. The van der Waals surface area contributed by atoms with Crippen LogP contribution in [0, 0.1) is 0 Å². The minimum Gasteiger partial charge on any atom is -0.390 e. The van der Waals surface area contributed by atoms with E-state index in [0.717, 1.165) is 12.8 Å². The van der Waals surface area contributed by atoms with Gasteiger partial charge in [0.15, 0.2) is 0 Å². The molecule has 2 fully saturated rings. The lowest BCUT2D eigenvalue weighted by Crippen LogP contribution is -2.58. The van der Waals surface area contributed by atoms with Gasteiger partial charge in [0, 0.05) is 6.42 Å². The van der Waals surface area contributed by atoms with Crippen LogP contribution >= 0.6 is 0 Å². The molecule has 0 aromatic rings. The fraction of sp³-hybridized carbons (Fsp3) is 1.00. The Labute approximate surface area is 85.9 Å². The van der Waals surface area contributed by atoms with Crippen LogP contribution in [-0.2, 0) is 4.74 Å². The summed E-state index contributed by atoms with van der Waals surface area (Å²) in [6.07, 6.45) is 0.657. The molecule has 2 heterocycles. The van der Waals surface area contributed by atoms with Crippen LogP contribution in [0.15, 0.2) is 0 Å². The SMILES string of the molecule is [B]C(C)(C)[C@]12CC[C@H](C[C@@H](O)[C@H]1O)O2. The second kappa shape index (κ2) is 2.97. The highest BCUT2D eigenvalue weighted by Crippen LogP contribution is 2.53. The molecule has 4 heteroatoms. The first-order chi connectivity index (χ1) is 6.37. The number of fused-ring (bicyclic) bond motifs is 2. The maximum Gasteiger partial charge on any atom is 0.109 e. The van der Waals surface area contributed by atoms with E-state index in [1.165, 1.54) is 0 Å². The second-order valence-electron chi connectivity index (χ2n) is 5.14. The fourth-order valence-electron chi connectivity index (χ4n) is 2.74. The molecule has 2 aliphatic heterocycles. The van der Waals surface area contributed by atoms with Gasteiger partial charge >= 0.3 is 0 Å². The molecular formula is C10H17BO3. The lowest BCUT2D eigenvalue weighted by Gasteiger charge is -2.49. The monoisotopic (exact) mass is 196 g/mol. The molecular weight excluding hydrogens is 179 g/mol. The van der Waals surface area contributed by atoms with Gasteiger partial charge in [-0.05, 0) is 18.2 Å². The maximum absolute atomic E-state index is 10.00. The Hall–Kier alpha value is -0.0551. The van der Waals surface area contributed by atoms with Crippen molar-refractivity contribution < 1.29 is 14.9 Å². The smallest absolute Gasteiger partial charge is 0.109 e. The molecule has 4 atom stereocenters. The van der Waals surface area contributed by atoms with E-state index < -0.39 is 23.1 Å². The fourth-order valence-corrected chi connectivity index (χ4v) is 2.74. The number of hydrogen-bond donors (Lipinski definition) is 2. The topological polar surface area (TPSA) is 49.7 Å². The Morgan fingerprint density at radius 2 is 2.07 bits per heavy atom. The molecule has 0 spiro atoms. The van der Waals surface area contributed by atoms with Crippen molar-refractivity contribution in [1.82, 2.24) is 0 Å². The van der Waals surface area contributed by atoms with Crippen LogP contribution in [0.5, 0.6) is 0 Å². The average molecular weight is 196 g/mol. The number of ether oxygens (including phenoxy) is 1. The third kappa shape index (κ3) is 1.24. The number of aliphatic hydroxyl groups excluding tert-OH is 2. The maximum atomic E-state index is 10.00. The third-order valence-electron chi connectivity index (χ3n) is 3.65. The van der Waals surface area contributed by atoms with Crippen molar-refractivity contribution in [2.45, 2.75) is 62.3 Å². The van der Waals surface area contributed by atoms with Crippen molar-refractivity contribution in [3.05, 3.63) is 0 Å². The molecule has 14 heavy (non-hydrogen) atoms. The molecule has 2 N–H and O–H groups in total. The predicted octanol–water partition coefficient (Wildman–Crippen LogP) is 0.397. The molecule has 0 saturated carbocycles. The first-order valence-electron chi connectivity index (χ1n) is 5.20. The highest BCUT2D eigenvalue weighted by molar-refractivity contribution is 6.15. The van der Waals surface area contributed by atoms with Crippen LogP contribution in [0.25, 0.3) is 0 Å². The van der Waals surface area contributed by atoms with Crippen LogP contribution in [0.4, 0.5) is 0 Å². The zero-order valence-electron chi connectivity index (χ0n) is 8.73. The first-order valence-corrected chi connectivity index (χ1v) is 5.20. The summed E-state index contributed by atoms with van der Waals surface area (Å²) in [5.41, 5.74) is -0.755. The predicted molar refractivity (Wildman–Crippen MR) is 53.3 cm³/mol. The largest absolute Gasteiger partial charge is 0.390 e. The highest BCUT2D eigenvalue weighted by atomic mass is 16.5. The van der Waals surface area contributed by atoms with Gasteiger partial charge in [-0.3, -0.25) is 0 Å². The Morgan fingerprint density at radius 1 is 1.43 bits per heavy atom. The minimum absolute atomic E-state index is 0.0659. The van der Waals surface area contributed by atoms with Gasteiger partial charge in [0.1, 0.15) is 6.10 Å². The average Bonchev–Trinajstić information content (AvgIpc) is 2.42. The summed E-state index contributed by atoms with van der Waals surface area (Å²) >= 11 is 0. The van der Waals surface area contributed by atoms with Gasteiger partial charge < -0.3 is 14.9 Å². The Bertz CT molecular complexity index is 238. The Balaban J connectivity index is 2.33. The summed E-state index contributed by atoms with van der Waals surface area (Å²) in [4.78, 5) is 0. The summed E-state index contributed by atoms with van der Waals surface area (Å²) < 4.78 is 5.80. The molecule has 2 aliphatic rings. The summed E-state index contributed by atoms with van der Waals surface area (Å²) in [5, 5.41) is 19.1.